The Morgan fingerprint density at radius 2 is 2.57 bits per heavy atom. The lowest BCUT2D eigenvalue weighted by Gasteiger charge is -2.02. The van der Waals surface area contributed by atoms with Crippen LogP contribution in [0.4, 0.5) is 5.82 Å². The van der Waals surface area contributed by atoms with Crippen molar-refractivity contribution in [3.8, 4) is 5.75 Å². The number of hydrogen-bond donors (Lipinski definition) is 0. The summed E-state index contributed by atoms with van der Waals surface area (Å²) in [5.41, 5.74) is 0. The van der Waals surface area contributed by atoms with Gasteiger partial charge in [-0.15, -0.1) is 0 Å². The molecule has 14 heavy (non-hydrogen) atoms. The maximum atomic E-state index is 10.5. The SMILES string of the molecule is O=[N+]([O-])c1ncccc1OC[C@H]1CO1. The molecule has 1 atom stereocenters. The van der Waals surface area contributed by atoms with Crippen LogP contribution in [0.25, 0.3) is 0 Å². The fourth-order valence-electron chi connectivity index (χ4n) is 0.979. The highest BCUT2D eigenvalue weighted by molar-refractivity contribution is 5.38. The topological polar surface area (TPSA) is 77.8 Å². The zero-order chi connectivity index (χ0) is 9.97. The van der Waals surface area contributed by atoms with Gasteiger partial charge in [0.05, 0.1) is 6.61 Å². The van der Waals surface area contributed by atoms with Gasteiger partial charge in [0, 0.05) is 0 Å². The number of rotatable bonds is 4. The van der Waals surface area contributed by atoms with Crippen LogP contribution in [0, 0.1) is 10.1 Å². The maximum absolute atomic E-state index is 10.5. The van der Waals surface area contributed by atoms with Crippen molar-refractivity contribution in [1.29, 1.82) is 0 Å². The van der Waals surface area contributed by atoms with Crippen LogP contribution in [0.3, 0.4) is 0 Å². The highest BCUT2D eigenvalue weighted by Crippen LogP contribution is 2.24. The zero-order valence-corrected chi connectivity index (χ0v) is 7.25. The Labute approximate surface area is 79.6 Å². The first-order chi connectivity index (χ1) is 6.77. The van der Waals surface area contributed by atoms with E-state index in [0.29, 0.717) is 13.2 Å². The van der Waals surface area contributed by atoms with E-state index in [1.54, 1.807) is 6.07 Å². The van der Waals surface area contributed by atoms with E-state index in [9.17, 15) is 10.1 Å². The number of epoxide rings is 1. The molecule has 0 saturated carbocycles. The van der Waals surface area contributed by atoms with E-state index in [1.807, 2.05) is 0 Å². The lowest BCUT2D eigenvalue weighted by Crippen LogP contribution is -2.06. The number of hydrogen-bond acceptors (Lipinski definition) is 5. The summed E-state index contributed by atoms with van der Waals surface area (Å²) in [5, 5.41) is 10.5. The van der Waals surface area contributed by atoms with Crippen LogP contribution in [0.15, 0.2) is 18.3 Å². The summed E-state index contributed by atoms with van der Waals surface area (Å²) in [7, 11) is 0. The molecule has 74 valence electrons. The van der Waals surface area contributed by atoms with Crippen LogP contribution in [0.2, 0.25) is 0 Å². The van der Waals surface area contributed by atoms with E-state index >= 15 is 0 Å². The molecule has 0 bridgehead atoms. The Morgan fingerprint density at radius 3 is 3.21 bits per heavy atom. The van der Waals surface area contributed by atoms with Gasteiger partial charge in [-0.3, -0.25) is 0 Å². The Morgan fingerprint density at radius 1 is 1.79 bits per heavy atom. The van der Waals surface area contributed by atoms with Gasteiger partial charge in [-0.1, -0.05) is 0 Å². The molecule has 0 amide bonds. The third-order valence-electron chi connectivity index (χ3n) is 1.75. The van der Waals surface area contributed by atoms with E-state index in [2.05, 4.69) is 4.98 Å². The molecule has 1 aliphatic heterocycles. The van der Waals surface area contributed by atoms with E-state index in [-0.39, 0.29) is 17.7 Å². The number of pyridine rings is 1. The monoisotopic (exact) mass is 196 g/mol. The average Bonchev–Trinajstić information content (AvgIpc) is 2.98. The highest BCUT2D eigenvalue weighted by atomic mass is 16.6. The van der Waals surface area contributed by atoms with Gasteiger partial charge in [0.25, 0.3) is 0 Å². The molecule has 1 fully saturated rings. The molecule has 6 heteroatoms. The summed E-state index contributed by atoms with van der Waals surface area (Å²) in [6.45, 7) is 1.00. The molecule has 2 heterocycles. The first-order valence-corrected chi connectivity index (χ1v) is 4.11. The third-order valence-corrected chi connectivity index (χ3v) is 1.75. The van der Waals surface area contributed by atoms with Crippen molar-refractivity contribution in [2.45, 2.75) is 6.10 Å². The minimum atomic E-state index is -0.566. The maximum Gasteiger partial charge on any atom is 0.406 e. The second-order valence-corrected chi connectivity index (χ2v) is 2.85. The molecule has 0 radical (unpaired) electrons. The van der Waals surface area contributed by atoms with E-state index in [0.717, 1.165) is 0 Å². The van der Waals surface area contributed by atoms with Crippen molar-refractivity contribution in [3.05, 3.63) is 28.4 Å². The molecule has 1 saturated heterocycles. The van der Waals surface area contributed by atoms with Gasteiger partial charge < -0.3 is 19.6 Å². The smallest absolute Gasteiger partial charge is 0.406 e. The summed E-state index contributed by atoms with van der Waals surface area (Å²) in [4.78, 5) is 13.6. The number of nitro groups is 1. The van der Waals surface area contributed by atoms with Gasteiger partial charge in [-0.05, 0) is 22.0 Å². The van der Waals surface area contributed by atoms with Gasteiger partial charge in [-0.2, -0.15) is 0 Å². The van der Waals surface area contributed by atoms with Crippen molar-refractivity contribution < 1.29 is 14.4 Å². The summed E-state index contributed by atoms with van der Waals surface area (Å²) in [6, 6.07) is 3.11. The van der Waals surface area contributed by atoms with Crippen LogP contribution in [-0.2, 0) is 4.74 Å². The normalized spacial score (nSPS) is 19.0. The van der Waals surface area contributed by atoms with E-state index in [4.69, 9.17) is 9.47 Å². The fraction of sp³-hybridized carbons (Fsp3) is 0.375. The largest absolute Gasteiger partial charge is 0.483 e. The van der Waals surface area contributed by atoms with Crippen molar-refractivity contribution in [1.82, 2.24) is 4.98 Å². The van der Waals surface area contributed by atoms with Gasteiger partial charge in [-0.25, -0.2) is 0 Å². The van der Waals surface area contributed by atoms with Gasteiger partial charge in [0.1, 0.15) is 18.9 Å². The summed E-state index contributed by atoms with van der Waals surface area (Å²) >= 11 is 0. The van der Waals surface area contributed by atoms with Gasteiger partial charge in [0.2, 0.25) is 5.75 Å². The molecular weight excluding hydrogens is 188 g/mol. The minimum Gasteiger partial charge on any atom is -0.483 e. The highest BCUT2D eigenvalue weighted by Gasteiger charge is 2.25. The van der Waals surface area contributed by atoms with Crippen molar-refractivity contribution in [3.63, 3.8) is 0 Å². The standard InChI is InChI=1S/C8H8N2O4/c11-10(12)8-7(2-1-3-9-8)14-5-6-4-13-6/h1-3,6H,4-5H2/t6-/m1/s1. The van der Waals surface area contributed by atoms with Crippen LogP contribution >= 0.6 is 0 Å². The molecule has 0 spiro atoms. The fourth-order valence-corrected chi connectivity index (χ4v) is 0.979. The van der Waals surface area contributed by atoms with Crippen LogP contribution in [0.5, 0.6) is 5.75 Å². The summed E-state index contributed by atoms with van der Waals surface area (Å²) in [6.07, 6.45) is 1.44. The summed E-state index contributed by atoms with van der Waals surface area (Å²) in [5.74, 6) is -0.0684. The lowest BCUT2D eigenvalue weighted by molar-refractivity contribution is -0.390. The molecule has 6 nitrogen and oxygen atoms in total. The molecule has 2 rings (SSSR count). The molecule has 0 unspecified atom stereocenters. The summed E-state index contributed by atoms with van der Waals surface area (Å²) < 4.78 is 10.1. The molecule has 0 aromatic carbocycles. The molecular formula is C8H8N2O4. The average molecular weight is 196 g/mol. The predicted molar refractivity (Wildman–Crippen MR) is 46.1 cm³/mol. The predicted octanol–water partition coefficient (Wildman–Crippen LogP) is 0.767. The Hall–Kier alpha value is -1.69. The minimum absolute atomic E-state index is 0.0785. The quantitative estimate of drug-likeness (QED) is 0.403. The lowest BCUT2D eigenvalue weighted by atomic mass is 10.4. The second-order valence-electron chi connectivity index (χ2n) is 2.85. The second kappa shape index (κ2) is 3.59. The third kappa shape index (κ3) is 1.97. The molecule has 1 aromatic heterocycles. The Balaban J connectivity index is 2.09. The molecule has 1 aliphatic rings. The van der Waals surface area contributed by atoms with Crippen molar-refractivity contribution in [2.75, 3.05) is 13.2 Å². The van der Waals surface area contributed by atoms with Crippen molar-refractivity contribution in [2.24, 2.45) is 0 Å². The van der Waals surface area contributed by atoms with Crippen molar-refractivity contribution >= 4 is 5.82 Å². The van der Waals surface area contributed by atoms with E-state index < -0.39 is 4.92 Å². The van der Waals surface area contributed by atoms with Crippen LogP contribution in [-0.4, -0.2) is 29.2 Å². The molecule has 0 aliphatic carbocycles. The molecule has 0 N–H and O–H groups in total. The van der Waals surface area contributed by atoms with Gasteiger partial charge >= 0.3 is 5.82 Å². The van der Waals surface area contributed by atoms with Crippen LogP contribution < -0.4 is 4.74 Å². The number of aromatic nitrogens is 1. The number of nitrogens with zero attached hydrogens (tertiary/aromatic N) is 2. The van der Waals surface area contributed by atoms with Crippen LogP contribution in [0.1, 0.15) is 0 Å². The Kier molecular flexibility index (Phi) is 2.28. The van der Waals surface area contributed by atoms with Gasteiger partial charge in [0.15, 0.2) is 0 Å². The zero-order valence-electron chi connectivity index (χ0n) is 7.25. The first-order valence-electron chi connectivity index (χ1n) is 4.11. The Bertz CT molecular complexity index is 351. The van der Waals surface area contributed by atoms with E-state index in [1.165, 1.54) is 12.3 Å². The first kappa shape index (κ1) is 8.89. The molecule has 1 aromatic rings. The number of ether oxygens (including phenoxy) is 2.